The predicted octanol–water partition coefficient (Wildman–Crippen LogP) is 1.19. The van der Waals surface area contributed by atoms with Gasteiger partial charge in [-0.25, -0.2) is 9.18 Å². The fraction of sp³-hybridized carbons (Fsp3) is 0.917. The maximum Gasteiger partial charge on any atom is 0.451 e. The third kappa shape index (κ3) is 2.26. The quantitative estimate of drug-likeness (QED) is 0.447. The van der Waals surface area contributed by atoms with Gasteiger partial charge in [0.2, 0.25) is 5.79 Å². The maximum atomic E-state index is 14.1. The minimum absolute atomic E-state index is 0.121. The van der Waals surface area contributed by atoms with Crippen molar-refractivity contribution in [3.8, 4) is 0 Å². The molecular weight excluding hydrogens is 364 g/mol. The molecule has 12 heteroatoms. The topological polar surface area (TPSA) is 99.1 Å². The maximum absolute atomic E-state index is 14.1. The molecule has 3 aliphatic rings. The van der Waals surface area contributed by atoms with E-state index in [0.29, 0.717) is 19.3 Å². The molecule has 0 radical (unpaired) electrons. The summed E-state index contributed by atoms with van der Waals surface area (Å²) in [7, 11) is -6.46. The normalized spacial score (nSPS) is 34.5. The molecule has 1 N–H and O–H groups in total. The van der Waals surface area contributed by atoms with Crippen LogP contribution in [0.2, 0.25) is 0 Å². The summed E-state index contributed by atoms with van der Waals surface area (Å²) in [6.07, 6.45) is -6.01. The smallest absolute Gasteiger partial charge is 0.451 e. The first-order valence-corrected chi connectivity index (χ1v) is 8.59. The predicted molar refractivity (Wildman–Crippen MR) is 66.8 cm³/mol. The zero-order valence-corrected chi connectivity index (χ0v) is 12.9. The molecule has 24 heavy (non-hydrogen) atoms. The van der Waals surface area contributed by atoms with Crippen LogP contribution in [0.1, 0.15) is 19.3 Å². The number of hydrogen-bond acceptors (Lipinski definition) is 6. The molecule has 1 heterocycles. The highest BCUT2D eigenvalue weighted by Gasteiger charge is 2.74. The van der Waals surface area contributed by atoms with Gasteiger partial charge in [0.05, 0.1) is 13.2 Å². The Morgan fingerprint density at radius 1 is 1.17 bits per heavy atom. The lowest BCUT2D eigenvalue weighted by atomic mass is 9.91. The van der Waals surface area contributed by atoms with Gasteiger partial charge in [0.15, 0.2) is 6.10 Å². The number of rotatable bonds is 3. The number of hydrogen-bond donors (Lipinski definition) is 1. The molecule has 0 aromatic rings. The molecule has 2 bridgehead atoms. The van der Waals surface area contributed by atoms with E-state index in [2.05, 4.69) is 4.74 Å². The highest BCUT2D eigenvalue weighted by atomic mass is 32.2. The van der Waals surface area contributed by atoms with Crippen LogP contribution in [0, 0.1) is 11.8 Å². The van der Waals surface area contributed by atoms with Crippen LogP contribution < -0.4 is 0 Å². The minimum atomic E-state index is -6.46. The van der Waals surface area contributed by atoms with Crippen LogP contribution in [-0.4, -0.2) is 55.2 Å². The van der Waals surface area contributed by atoms with Crippen LogP contribution in [-0.2, 0) is 29.1 Å². The van der Waals surface area contributed by atoms with Gasteiger partial charge in [-0.2, -0.15) is 21.6 Å². The van der Waals surface area contributed by atoms with Crippen molar-refractivity contribution in [2.75, 3.05) is 13.2 Å². The molecule has 0 aromatic heterocycles. The van der Waals surface area contributed by atoms with Crippen LogP contribution in [0.15, 0.2) is 0 Å². The Balaban J connectivity index is 1.91. The van der Waals surface area contributed by atoms with Crippen molar-refractivity contribution in [3.05, 3.63) is 0 Å². The number of fused-ring (bicyclic) bond motifs is 3. The molecule has 4 unspecified atom stereocenters. The van der Waals surface area contributed by atoms with Crippen LogP contribution in [0.4, 0.5) is 17.6 Å². The van der Waals surface area contributed by atoms with Crippen molar-refractivity contribution in [2.24, 2.45) is 11.8 Å². The summed E-state index contributed by atoms with van der Waals surface area (Å²) in [5.41, 5.74) is 0. The second-order valence-electron chi connectivity index (χ2n) is 6.08. The van der Waals surface area contributed by atoms with Gasteiger partial charge in [-0.15, -0.1) is 0 Å². The lowest BCUT2D eigenvalue weighted by Crippen LogP contribution is -2.58. The van der Waals surface area contributed by atoms with Crippen molar-refractivity contribution in [2.45, 2.75) is 42.3 Å². The average Bonchev–Trinajstić information content (AvgIpc) is 3.14. The fourth-order valence-corrected chi connectivity index (χ4v) is 4.35. The van der Waals surface area contributed by atoms with Gasteiger partial charge in [0.1, 0.15) is 0 Å². The molecule has 3 fully saturated rings. The van der Waals surface area contributed by atoms with Crippen LogP contribution in [0.25, 0.3) is 0 Å². The van der Waals surface area contributed by atoms with E-state index in [9.17, 15) is 30.8 Å². The molecule has 2 saturated carbocycles. The van der Waals surface area contributed by atoms with Crippen molar-refractivity contribution in [1.82, 2.24) is 0 Å². The molecule has 1 aliphatic heterocycles. The Bertz CT molecular complexity index is 642. The summed E-state index contributed by atoms with van der Waals surface area (Å²) in [5, 5.41) is -5.57. The molecule has 0 aromatic carbocycles. The zero-order chi connectivity index (χ0) is 18.0. The van der Waals surface area contributed by atoms with Crippen molar-refractivity contribution in [1.29, 1.82) is 0 Å². The molecule has 7 nitrogen and oxygen atoms in total. The molecular formula is C12H14F4O7S. The second kappa shape index (κ2) is 5.26. The van der Waals surface area contributed by atoms with Crippen LogP contribution >= 0.6 is 0 Å². The Kier molecular flexibility index (Phi) is 3.91. The highest BCUT2D eigenvalue weighted by Crippen LogP contribution is 2.56. The van der Waals surface area contributed by atoms with E-state index in [4.69, 9.17) is 14.0 Å². The summed E-state index contributed by atoms with van der Waals surface area (Å²) in [5.74, 6) is -4.90. The first kappa shape index (κ1) is 17.8. The first-order valence-electron chi connectivity index (χ1n) is 7.15. The largest absolute Gasteiger partial charge is 0.453 e. The standard InChI is InChI=1S/C12H14F4O7S/c13-11(12(14,15)16,24(18,19)20)9(17)23-8-6-1-2-7(5-6)10(8)21-3-4-22-10/h6-8H,1-5H2,(H,18,19,20). The number of ether oxygens (including phenoxy) is 3. The van der Waals surface area contributed by atoms with Crippen molar-refractivity contribution < 1.29 is 49.5 Å². The van der Waals surface area contributed by atoms with Crippen molar-refractivity contribution >= 4 is 16.1 Å². The number of esters is 1. The van der Waals surface area contributed by atoms with Crippen LogP contribution in [0.5, 0.6) is 0 Å². The molecule has 0 amide bonds. The third-order valence-electron chi connectivity index (χ3n) is 4.82. The van der Waals surface area contributed by atoms with E-state index < -0.39 is 45.1 Å². The van der Waals surface area contributed by atoms with E-state index in [1.165, 1.54) is 0 Å². The Morgan fingerprint density at radius 2 is 1.75 bits per heavy atom. The third-order valence-corrected chi connectivity index (χ3v) is 5.93. The average molecular weight is 378 g/mol. The van der Waals surface area contributed by atoms with E-state index in [-0.39, 0.29) is 19.1 Å². The Hall–Kier alpha value is -0.980. The monoisotopic (exact) mass is 378 g/mol. The van der Waals surface area contributed by atoms with E-state index in [1.54, 1.807) is 0 Å². The lowest BCUT2D eigenvalue weighted by Gasteiger charge is -2.38. The van der Waals surface area contributed by atoms with E-state index in [0.717, 1.165) is 0 Å². The van der Waals surface area contributed by atoms with Gasteiger partial charge in [-0.1, -0.05) is 0 Å². The molecule has 138 valence electrons. The van der Waals surface area contributed by atoms with Gasteiger partial charge in [0.25, 0.3) is 0 Å². The number of carbonyl (C=O) groups is 1. The SMILES string of the molecule is O=C(OC1C2CCC(C2)C12OCCO2)C(F)(C(F)(F)F)S(=O)(=O)O. The number of alkyl halides is 4. The minimum Gasteiger partial charge on any atom is -0.453 e. The second-order valence-corrected chi connectivity index (χ2v) is 7.60. The van der Waals surface area contributed by atoms with Gasteiger partial charge in [0, 0.05) is 11.8 Å². The van der Waals surface area contributed by atoms with Gasteiger partial charge < -0.3 is 14.2 Å². The Labute approximate surface area is 134 Å². The summed E-state index contributed by atoms with van der Waals surface area (Å²) in [4.78, 5) is 11.8. The Morgan fingerprint density at radius 3 is 2.25 bits per heavy atom. The fourth-order valence-electron chi connectivity index (χ4n) is 3.80. The van der Waals surface area contributed by atoms with Gasteiger partial charge in [-0.3, -0.25) is 4.55 Å². The summed E-state index contributed by atoms with van der Waals surface area (Å²) < 4.78 is 98.3. The summed E-state index contributed by atoms with van der Waals surface area (Å²) in [6, 6.07) is 0. The van der Waals surface area contributed by atoms with Gasteiger partial charge in [-0.05, 0) is 19.3 Å². The molecule has 1 saturated heterocycles. The summed E-state index contributed by atoms with van der Waals surface area (Å²) in [6.45, 7) is 0.241. The van der Waals surface area contributed by atoms with Gasteiger partial charge >= 0.3 is 27.3 Å². The first-order chi connectivity index (χ1) is 10.9. The molecule has 3 rings (SSSR count). The molecule has 1 spiro atoms. The molecule has 2 aliphatic carbocycles. The molecule has 4 atom stereocenters. The zero-order valence-electron chi connectivity index (χ0n) is 12.1. The van der Waals surface area contributed by atoms with E-state index >= 15 is 0 Å². The highest BCUT2D eigenvalue weighted by molar-refractivity contribution is 7.88. The van der Waals surface area contributed by atoms with E-state index in [1.807, 2.05) is 0 Å². The number of carbonyl (C=O) groups excluding carboxylic acids is 1. The van der Waals surface area contributed by atoms with Crippen LogP contribution in [0.3, 0.4) is 0 Å². The lowest BCUT2D eigenvalue weighted by molar-refractivity contribution is -0.264. The number of halogens is 4. The van der Waals surface area contributed by atoms with Crippen molar-refractivity contribution in [3.63, 3.8) is 0 Å². The summed E-state index contributed by atoms with van der Waals surface area (Å²) >= 11 is 0.